The summed E-state index contributed by atoms with van der Waals surface area (Å²) in [4.78, 5) is 0. The van der Waals surface area contributed by atoms with E-state index in [1.165, 1.54) is 5.56 Å². The van der Waals surface area contributed by atoms with E-state index in [-0.39, 0.29) is 6.04 Å². The maximum absolute atomic E-state index is 11.4. The third-order valence-corrected chi connectivity index (χ3v) is 5.37. The van der Waals surface area contributed by atoms with Crippen molar-refractivity contribution in [2.24, 2.45) is 0 Å². The van der Waals surface area contributed by atoms with Crippen LogP contribution in [0.1, 0.15) is 30.1 Å². The molecule has 3 heterocycles. The van der Waals surface area contributed by atoms with Crippen LogP contribution in [0.25, 0.3) is 0 Å². The summed E-state index contributed by atoms with van der Waals surface area (Å²) in [6.45, 7) is 1.85. The Balaban J connectivity index is 1.79. The number of sulfone groups is 1. The van der Waals surface area contributed by atoms with Gasteiger partial charge in [-0.05, 0) is 31.4 Å². The van der Waals surface area contributed by atoms with E-state index in [1.807, 2.05) is 4.68 Å². The molecule has 6 heteroatoms. The lowest BCUT2D eigenvalue weighted by Gasteiger charge is -2.22. The number of rotatable bonds is 1. The summed E-state index contributed by atoms with van der Waals surface area (Å²) in [7, 11) is -2.78. The third-order valence-electron chi connectivity index (χ3n) is 3.66. The first kappa shape index (κ1) is 11.2. The first-order valence-electron chi connectivity index (χ1n) is 6.12. The van der Waals surface area contributed by atoms with Gasteiger partial charge in [0.2, 0.25) is 0 Å². The van der Waals surface area contributed by atoms with Crippen LogP contribution in [0.5, 0.6) is 0 Å². The lowest BCUT2D eigenvalue weighted by atomic mass is 10.1. The largest absolute Gasteiger partial charge is 0.311 e. The monoisotopic (exact) mass is 255 g/mol. The number of nitrogens with zero attached hydrogens (tertiary/aromatic N) is 2. The summed E-state index contributed by atoms with van der Waals surface area (Å²) in [6.07, 6.45) is 4.55. The Morgan fingerprint density at radius 2 is 2.12 bits per heavy atom. The molecular weight excluding hydrogens is 238 g/mol. The van der Waals surface area contributed by atoms with Gasteiger partial charge in [0.25, 0.3) is 0 Å². The van der Waals surface area contributed by atoms with Gasteiger partial charge in [-0.2, -0.15) is 5.10 Å². The minimum atomic E-state index is -2.78. The Labute approximate surface area is 101 Å². The van der Waals surface area contributed by atoms with Crippen molar-refractivity contribution in [2.45, 2.75) is 31.8 Å². The highest BCUT2D eigenvalue weighted by atomic mass is 32.2. The van der Waals surface area contributed by atoms with Gasteiger partial charge in [0.05, 0.1) is 23.2 Å². The molecule has 0 radical (unpaired) electrons. The Kier molecular flexibility index (Phi) is 2.71. The first-order valence-corrected chi connectivity index (χ1v) is 7.94. The average Bonchev–Trinajstić information content (AvgIpc) is 2.72. The molecular formula is C11H17N3O2S. The molecule has 1 N–H and O–H groups in total. The molecule has 0 aromatic carbocycles. The lowest BCUT2D eigenvalue weighted by molar-refractivity contribution is 0.410. The first-order chi connectivity index (χ1) is 8.14. The average molecular weight is 255 g/mol. The molecule has 1 aromatic rings. The molecule has 5 nitrogen and oxygen atoms in total. The van der Waals surface area contributed by atoms with Crippen LogP contribution < -0.4 is 5.32 Å². The topological polar surface area (TPSA) is 64.0 Å². The van der Waals surface area contributed by atoms with Crippen molar-refractivity contribution in [1.82, 2.24) is 15.1 Å². The van der Waals surface area contributed by atoms with Crippen LogP contribution in [-0.2, 0) is 22.8 Å². The molecule has 0 aliphatic carbocycles. The zero-order valence-electron chi connectivity index (χ0n) is 9.72. The number of aromatic nitrogens is 2. The minimum absolute atomic E-state index is 0.268. The lowest BCUT2D eigenvalue weighted by Crippen LogP contribution is -2.26. The van der Waals surface area contributed by atoms with Gasteiger partial charge in [0.1, 0.15) is 9.84 Å². The van der Waals surface area contributed by atoms with Crippen molar-refractivity contribution >= 4 is 9.84 Å². The fourth-order valence-electron chi connectivity index (χ4n) is 2.58. The smallest absolute Gasteiger partial charge is 0.150 e. The fourth-order valence-corrected chi connectivity index (χ4v) is 4.05. The van der Waals surface area contributed by atoms with E-state index in [2.05, 4.69) is 16.6 Å². The molecule has 1 saturated heterocycles. The molecule has 0 spiro atoms. The SMILES string of the molecule is O=S1(=O)CCC(n2cc3c(n2)CNCC3)CC1. The van der Waals surface area contributed by atoms with E-state index in [4.69, 9.17) is 0 Å². The number of hydrogen-bond acceptors (Lipinski definition) is 4. The molecule has 0 unspecified atom stereocenters. The van der Waals surface area contributed by atoms with Gasteiger partial charge in [-0.15, -0.1) is 0 Å². The quantitative estimate of drug-likeness (QED) is 0.783. The number of fused-ring (bicyclic) bond motifs is 1. The normalized spacial score (nSPS) is 24.5. The van der Waals surface area contributed by atoms with E-state index < -0.39 is 9.84 Å². The van der Waals surface area contributed by atoms with Crippen molar-refractivity contribution in [3.63, 3.8) is 0 Å². The molecule has 0 atom stereocenters. The van der Waals surface area contributed by atoms with Crippen LogP contribution in [0.2, 0.25) is 0 Å². The second kappa shape index (κ2) is 4.10. The molecule has 1 aromatic heterocycles. The van der Waals surface area contributed by atoms with Crippen LogP contribution in [0, 0.1) is 0 Å². The van der Waals surface area contributed by atoms with Crippen molar-refractivity contribution in [1.29, 1.82) is 0 Å². The zero-order chi connectivity index (χ0) is 11.9. The third kappa shape index (κ3) is 2.24. The zero-order valence-corrected chi connectivity index (χ0v) is 10.5. The summed E-state index contributed by atoms with van der Waals surface area (Å²) in [6, 6.07) is 0.268. The van der Waals surface area contributed by atoms with Crippen LogP contribution in [0.3, 0.4) is 0 Å². The van der Waals surface area contributed by atoms with Crippen molar-refractivity contribution in [2.75, 3.05) is 18.1 Å². The van der Waals surface area contributed by atoms with Gasteiger partial charge in [-0.3, -0.25) is 4.68 Å². The predicted octanol–water partition coefficient (Wildman–Crippen LogP) is 0.278. The molecule has 1 fully saturated rings. The second-order valence-electron chi connectivity index (χ2n) is 4.89. The number of hydrogen-bond donors (Lipinski definition) is 1. The molecule has 0 bridgehead atoms. The van der Waals surface area contributed by atoms with Gasteiger partial charge in [-0.1, -0.05) is 0 Å². The van der Waals surface area contributed by atoms with Gasteiger partial charge < -0.3 is 5.32 Å². The predicted molar refractivity (Wildman–Crippen MR) is 64.6 cm³/mol. The van der Waals surface area contributed by atoms with E-state index in [0.717, 1.165) is 25.2 Å². The molecule has 0 amide bonds. The van der Waals surface area contributed by atoms with Crippen LogP contribution in [0.4, 0.5) is 0 Å². The fraction of sp³-hybridized carbons (Fsp3) is 0.727. The summed E-state index contributed by atoms with van der Waals surface area (Å²) in [5.41, 5.74) is 2.45. The summed E-state index contributed by atoms with van der Waals surface area (Å²) >= 11 is 0. The van der Waals surface area contributed by atoms with Gasteiger partial charge in [0, 0.05) is 12.7 Å². The summed E-state index contributed by atoms with van der Waals surface area (Å²) in [5.74, 6) is 0.612. The highest BCUT2D eigenvalue weighted by Crippen LogP contribution is 2.25. The van der Waals surface area contributed by atoms with Crippen molar-refractivity contribution < 1.29 is 8.42 Å². The molecule has 2 aliphatic rings. The van der Waals surface area contributed by atoms with Gasteiger partial charge in [0.15, 0.2) is 0 Å². The van der Waals surface area contributed by atoms with Crippen LogP contribution in [0.15, 0.2) is 6.20 Å². The summed E-state index contributed by atoms with van der Waals surface area (Å²) in [5, 5.41) is 7.88. The Morgan fingerprint density at radius 1 is 1.35 bits per heavy atom. The van der Waals surface area contributed by atoms with E-state index in [0.29, 0.717) is 24.3 Å². The maximum Gasteiger partial charge on any atom is 0.150 e. The minimum Gasteiger partial charge on any atom is -0.311 e. The van der Waals surface area contributed by atoms with Gasteiger partial charge in [-0.25, -0.2) is 8.42 Å². The molecule has 94 valence electrons. The van der Waals surface area contributed by atoms with Crippen molar-refractivity contribution in [3.05, 3.63) is 17.5 Å². The van der Waals surface area contributed by atoms with Crippen molar-refractivity contribution in [3.8, 4) is 0 Å². The van der Waals surface area contributed by atoms with Crippen LogP contribution >= 0.6 is 0 Å². The van der Waals surface area contributed by atoms with E-state index in [1.54, 1.807) is 0 Å². The van der Waals surface area contributed by atoms with E-state index >= 15 is 0 Å². The molecule has 3 rings (SSSR count). The Bertz CT molecular complexity index is 483. The molecule has 2 aliphatic heterocycles. The standard InChI is InChI=1S/C11H17N3O2S/c15-17(16)5-2-10(3-6-17)14-8-9-1-4-12-7-11(9)13-14/h8,10,12H,1-7H2. The maximum atomic E-state index is 11.4. The van der Waals surface area contributed by atoms with Crippen LogP contribution in [-0.4, -0.2) is 36.2 Å². The summed E-state index contributed by atoms with van der Waals surface area (Å²) < 4.78 is 24.8. The Morgan fingerprint density at radius 3 is 2.82 bits per heavy atom. The molecule has 17 heavy (non-hydrogen) atoms. The highest BCUT2D eigenvalue weighted by molar-refractivity contribution is 7.91. The highest BCUT2D eigenvalue weighted by Gasteiger charge is 2.26. The second-order valence-corrected chi connectivity index (χ2v) is 7.19. The number of nitrogens with one attached hydrogen (secondary N) is 1. The van der Waals surface area contributed by atoms with Gasteiger partial charge >= 0.3 is 0 Å². The molecule has 0 saturated carbocycles. The Hall–Kier alpha value is -0.880. The van der Waals surface area contributed by atoms with E-state index in [9.17, 15) is 8.42 Å².